The molecule has 0 aliphatic heterocycles. The van der Waals surface area contributed by atoms with Crippen LogP contribution in [0.1, 0.15) is 68.2 Å². The van der Waals surface area contributed by atoms with Crippen molar-refractivity contribution in [3.05, 3.63) is 56.6 Å². The van der Waals surface area contributed by atoms with Crippen molar-refractivity contribution in [2.45, 2.75) is 79.4 Å². The topological polar surface area (TPSA) is 164 Å². The van der Waals surface area contributed by atoms with Gasteiger partial charge in [0.1, 0.15) is 34.1 Å². The standard InChI is InChI=1S/C30H42N4O10/c1-9-15-31(23-13-11-21(19-25(23)33(37)38)41-27(35)43-29(3,4)5)17-18-32(16-10-2)24-14-12-22(20-26(24)34(39)40)42-28(36)44-30(6,7)8/h11-14,19-20H,9-10,15-18H2,1-8H3. The summed E-state index contributed by atoms with van der Waals surface area (Å²) in [5.41, 5.74) is -1.52. The summed E-state index contributed by atoms with van der Waals surface area (Å²) in [6, 6.07) is 8.24. The van der Waals surface area contributed by atoms with Gasteiger partial charge in [-0.25, -0.2) is 9.59 Å². The van der Waals surface area contributed by atoms with Gasteiger partial charge in [-0.1, -0.05) is 13.8 Å². The van der Waals surface area contributed by atoms with E-state index in [0.717, 1.165) is 0 Å². The van der Waals surface area contributed by atoms with Gasteiger partial charge in [-0.15, -0.1) is 0 Å². The molecule has 14 nitrogen and oxygen atoms in total. The molecule has 44 heavy (non-hydrogen) atoms. The molecule has 0 radical (unpaired) electrons. The lowest BCUT2D eigenvalue weighted by Crippen LogP contribution is -2.36. The summed E-state index contributed by atoms with van der Waals surface area (Å²) in [5.74, 6) is -0.0776. The third-order valence-electron chi connectivity index (χ3n) is 5.78. The average molecular weight is 619 g/mol. The second kappa shape index (κ2) is 15.2. The van der Waals surface area contributed by atoms with Crippen LogP contribution < -0.4 is 19.3 Å². The third-order valence-corrected chi connectivity index (χ3v) is 5.78. The highest BCUT2D eigenvalue weighted by Gasteiger charge is 2.26. The molecular formula is C30H42N4O10. The van der Waals surface area contributed by atoms with Gasteiger partial charge >= 0.3 is 12.3 Å². The first-order chi connectivity index (χ1) is 20.4. The van der Waals surface area contributed by atoms with Gasteiger partial charge < -0.3 is 28.7 Å². The Bertz CT molecular complexity index is 1230. The second-order valence-corrected chi connectivity index (χ2v) is 11.9. The molecule has 2 aromatic rings. The van der Waals surface area contributed by atoms with Crippen LogP contribution in [-0.4, -0.2) is 59.5 Å². The first-order valence-corrected chi connectivity index (χ1v) is 14.3. The van der Waals surface area contributed by atoms with Crippen molar-refractivity contribution in [2.75, 3.05) is 36.0 Å². The van der Waals surface area contributed by atoms with E-state index >= 15 is 0 Å². The Morgan fingerprint density at radius 2 is 1.00 bits per heavy atom. The molecule has 0 aliphatic carbocycles. The molecule has 0 N–H and O–H groups in total. The Kier molecular flexibility index (Phi) is 12.3. The van der Waals surface area contributed by atoms with Crippen LogP contribution in [-0.2, 0) is 9.47 Å². The highest BCUT2D eigenvalue weighted by atomic mass is 16.7. The van der Waals surface area contributed by atoms with Crippen molar-refractivity contribution in [1.82, 2.24) is 0 Å². The number of ether oxygens (including phenoxy) is 4. The second-order valence-electron chi connectivity index (χ2n) is 11.9. The number of carbonyl (C=O) groups is 2. The van der Waals surface area contributed by atoms with E-state index in [2.05, 4.69) is 0 Å². The Balaban J connectivity index is 2.35. The van der Waals surface area contributed by atoms with Crippen LogP contribution in [0.4, 0.5) is 32.3 Å². The molecule has 14 heteroatoms. The van der Waals surface area contributed by atoms with Gasteiger partial charge in [0.05, 0.1) is 22.0 Å². The fraction of sp³-hybridized carbons (Fsp3) is 0.533. The lowest BCUT2D eigenvalue weighted by Gasteiger charge is -2.30. The van der Waals surface area contributed by atoms with Crippen molar-refractivity contribution in [2.24, 2.45) is 0 Å². The lowest BCUT2D eigenvalue weighted by molar-refractivity contribution is -0.384. The van der Waals surface area contributed by atoms with Crippen molar-refractivity contribution >= 4 is 35.1 Å². The monoisotopic (exact) mass is 618 g/mol. The smallest absolute Gasteiger partial charge is 0.428 e. The minimum absolute atomic E-state index is 0.0388. The molecule has 0 aliphatic rings. The first kappa shape index (κ1) is 35.6. The van der Waals surface area contributed by atoms with Crippen LogP contribution in [0.15, 0.2) is 36.4 Å². The lowest BCUT2D eigenvalue weighted by atomic mass is 10.2. The van der Waals surface area contributed by atoms with Gasteiger partial charge in [-0.3, -0.25) is 20.2 Å². The zero-order valence-electron chi connectivity index (χ0n) is 26.6. The van der Waals surface area contributed by atoms with Crippen molar-refractivity contribution < 1.29 is 38.4 Å². The van der Waals surface area contributed by atoms with E-state index in [0.29, 0.717) is 37.3 Å². The molecule has 2 aromatic carbocycles. The van der Waals surface area contributed by atoms with Gasteiger partial charge in [-0.2, -0.15) is 0 Å². The summed E-state index contributed by atoms with van der Waals surface area (Å²) in [6.45, 7) is 15.4. The third kappa shape index (κ3) is 11.2. The number of benzene rings is 2. The maximum atomic E-state index is 12.1. The van der Waals surface area contributed by atoms with Crippen molar-refractivity contribution in [3.63, 3.8) is 0 Å². The number of nitrogens with zero attached hydrogens (tertiary/aromatic N) is 4. The van der Waals surface area contributed by atoms with Crippen LogP contribution in [0.3, 0.4) is 0 Å². The number of nitro benzene ring substituents is 2. The van der Waals surface area contributed by atoms with Gasteiger partial charge in [0.25, 0.3) is 11.4 Å². The Morgan fingerprint density at radius 3 is 1.27 bits per heavy atom. The molecule has 2 rings (SSSR count). The quantitative estimate of drug-likeness (QED) is 0.0956. The average Bonchev–Trinajstić information content (AvgIpc) is 2.88. The fourth-order valence-electron chi connectivity index (χ4n) is 4.18. The largest absolute Gasteiger partial charge is 0.514 e. The van der Waals surface area contributed by atoms with Crippen LogP contribution in [0.25, 0.3) is 0 Å². The molecule has 0 bridgehead atoms. The van der Waals surface area contributed by atoms with E-state index in [9.17, 15) is 29.8 Å². The fourth-order valence-corrected chi connectivity index (χ4v) is 4.18. The minimum Gasteiger partial charge on any atom is -0.428 e. The number of rotatable bonds is 13. The summed E-state index contributed by atoms with van der Waals surface area (Å²) in [6.07, 6.45) is -0.635. The molecule has 0 unspecified atom stereocenters. The molecule has 0 saturated carbocycles. The highest BCUT2D eigenvalue weighted by molar-refractivity contribution is 5.71. The van der Waals surface area contributed by atoms with Gasteiger partial charge in [-0.05, 0) is 78.6 Å². The first-order valence-electron chi connectivity index (χ1n) is 14.3. The van der Waals surface area contributed by atoms with E-state index in [1.165, 1.54) is 36.4 Å². The zero-order chi connectivity index (χ0) is 33.2. The van der Waals surface area contributed by atoms with Gasteiger partial charge in [0, 0.05) is 26.2 Å². The van der Waals surface area contributed by atoms with Crippen LogP contribution in [0.5, 0.6) is 11.5 Å². The number of hydrogen-bond donors (Lipinski definition) is 0. The molecule has 0 aromatic heterocycles. The molecule has 242 valence electrons. The summed E-state index contributed by atoms with van der Waals surface area (Å²) in [7, 11) is 0. The Morgan fingerprint density at radius 1 is 0.659 bits per heavy atom. The number of anilines is 2. The molecule has 0 amide bonds. The van der Waals surface area contributed by atoms with Crippen LogP contribution in [0, 0.1) is 20.2 Å². The summed E-state index contributed by atoms with van der Waals surface area (Å²) in [5, 5.41) is 24.1. The maximum absolute atomic E-state index is 12.1. The normalized spacial score (nSPS) is 11.4. The number of nitro groups is 2. The molecule has 0 heterocycles. The van der Waals surface area contributed by atoms with Crippen molar-refractivity contribution in [3.8, 4) is 11.5 Å². The van der Waals surface area contributed by atoms with Crippen LogP contribution in [0.2, 0.25) is 0 Å². The SMILES string of the molecule is CCCN(CCN(CCC)c1ccc(OC(=O)OC(C)(C)C)cc1[N+](=O)[O-])c1ccc(OC(=O)OC(C)(C)C)cc1[N+](=O)[O-]. The van der Waals surface area contributed by atoms with E-state index in [1.54, 1.807) is 41.5 Å². The summed E-state index contributed by atoms with van der Waals surface area (Å²) in [4.78, 5) is 50.8. The number of carbonyl (C=O) groups excluding carboxylic acids is 2. The maximum Gasteiger partial charge on any atom is 0.514 e. The Hall–Kier alpha value is -4.62. The van der Waals surface area contributed by atoms with Crippen molar-refractivity contribution in [1.29, 1.82) is 0 Å². The highest BCUT2D eigenvalue weighted by Crippen LogP contribution is 2.35. The van der Waals surface area contributed by atoms with E-state index in [-0.39, 0.29) is 36.0 Å². The summed E-state index contributed by atoms with van der Waals surface area (Å²) < 4.78 is 20.6. The molecule has 0 spiro atoms. The van der Waals surface area contributed by atoms with Gasteiger partial charge in [0.2, 0.25) is 0 Å². The van der Waals surface area contributed by atoms with E-state index in [1.807, 2.05) is 23.6 Å². The van der Waals surface area contributed by atoms with Gasteiger partial charge in [0.15, 0.2) is 0 Å². The molecular weight excluding hydrogens is 576 g/mol. The molecule has 0 atom stereocenters. The van der Waals surface area contributed by atoms with E-state index in [4.69, 9.17) is 18.9 Å². The number of hydrogen-bond acceptors (Lipinski definition) is 12. The molecule has 0 saturated heterocycles. The predicted octanol–water partition coefficient (Wildman–Crippen LogP) is 7.26. The van der Waals surface area contributed by atoms with Crippen LogP contribution >= 0.6 is 0 Å². The summed E-state index contributed by atoms with van der Waals surface area (Å²) >= 11 is 0. The minimum atomic E-state index is -0.982. The molecule has 0 fully saturated rings. The predicted molar refractivity (Wildman–Crippen MR) is 165 cm³/mol. The van der Waals surface area contributed by atoms with E-state index < -0.39 is 33.4 Å². The Labute approximate surface area is 257 Å². The zero-order valence-corrected chi connectivity index (χ0v) is 26.6.